The molecule has 0 saturated carbocycles. The minimum absolute atomic E-state index is 0.109. The van der Waals surface area contributed by atoms with Gasteiger partial charge in [0.25, 0.3) is 0 Å². The van der Waals surface area contributed by atoms with E-state index in [1.165, 1.54) is 6.92 Å². The van der Waals surface area contributed by atoms with Gasteiger partial charge >= 0.3 is 11.9 Å². The molecule has 6 heteroatoms. The lowest BCUT2D eigenvalue weighted by Crippen LogP contribution is -2.61. The van der Waals surface area contributed by atoms with Crippen LogP contribution in [0.15, 0.2) is 30.3 Å². The molecule has 1 aromatic carbocycles. The molecule has 0 aliphatic rings. The molecule has 0 fully saturated rings. The van der Waals surface area contributed by atoms with Gasteiger partial charge in [-0.1, -0.05) is 30.3 Å². The first-order chi connectivity index (χ1) is 11.5. The number of carbonyl (C=O) groups excluding carboxylic acids is 3. The second-order valence-corrected chi connectivity index (χ2v) is 5.37. The fourth-order valence-corrected chi connectivity index (χ4v) is 2.46. The molecular formula is C18H25NO5. The van der Waals surface area contributed by atoms with E-state index < -0.39 is 23.4 Å². The van der Waals surface area contributed by atoms with Crippen LogP contribution in [-0.2, 0) is 30.3 Å². The van der Waals surface area contributed by atoms with Crippen molar-refractivity contribution in [3.63, 3.8) is 0 Å². The average molecular weight is 335 g/mol. The predicted octanol–water partition coefficient (Wildman–Crippen LogP) is 2.01. The van der Waals surface area contributed by atoms with Gasteiger partial charge in [-0.05, 0) is 38.7 Å². The van der Waals surface area contributed by atoms with Crippen LogP contribution in [0, 0.1) is 0 Å². The zero-order chi connectivity index (χ0) is 18.0. The largest absolute Gasteiger partial charge is 0.464 e. The van der Waals surface area contributed by atoms with Crippen molar-refractivity contribution in [1.29, 1.82) is 0 Å². The molecule has 0 atom stereocenters. The van der Waals surface area contributed by atoms with Crippen molar-refractivity contribution >= 4 is 17.8 Å². The van der Waals surface area contributed by atoms with Gasteiger partial charge in [-0.3, -0.25) is 4.79 Å². The Morgan fingerprint density at radius 1 is 1.00 bits per heavy atom. The summed E-state index contributed by atoms with van der Waals surface area (Å²) >= 11 is 0. The van der Waals surface area contributed by atoms with E-state index in [2.05, 4.69) is 5.32 Å². The minimum Gasteiger partial charge on any atom is -0.464 e. The monoisotopic (exact) mass is 335 g/mol. The van der Waals surface area contributed by atoms with Crippen LogP contribution in [0.2, 0.25) is 0 Å². The maximum Gasteiger partial charge on any atom is 0.343 e. The lowest BCUT2D eigenvalue weighted by Gasteiger charge is -2.29. The van der Waals surface area contributed by atoms with Gasteiger partial charge in [0, 0.05) is 6.92 Å². The van der Waals surface area contributed by atoms with E-state index in [0.717, 1.165) is 5.56 Å². The zero-order valence-electron chi connectivity index (χ0n) is 14.5. The fourth-order valence-electron chi connectivity index (χ4n) is 2.46. The smallest absolute Gasteiger partial charge is 0.343 e. The Hall–Kier alpha value is -2.37. The first-order valence-corrected chi connectivity index (χ1v) is 8.13. The Kier molecular flexibility index (Phi) is 7.95. The van der Waals surface area contributed by atoms with Crippen molar-refractivity contribution in [2.45, 2.75) is 45.6 Å². The van der Waals surface area contributed by atoms with E-state index in [-0.39, 0.29) is 19.6 Å². The van der Waals surface area contributed by atoms with Crippen LogP contribution >= 0.6 is 0 Å². The first-order valence-electron chi connectivity index (χ1n) is 8.13. The highest BCUT2D eigenvalue weighted by molar-refractivity contribution is 6.07. The molecule has 0 aliphatic carbocycles. The predicted molar refractivity (Wildman–Crippen MR) is 89.2 cm³/mol. The normalized spacial score (nSPS) is 10.8. The second-order valence-electron chi connectivity index (χ2n) is 5.37. The molecule has 0 unspecified atom stereocenters. The third-order valence-electron chi connectivity index (χ3n) is 3.50. The number of rotatable bonds is 9. The van der Waals surface area contributed by atoms with Gasteiger partial charge in [0.15, 0.2) is 0 Å². The molecule has 1 N–H and O–H groups in total. The van der Waals surface area contributed by atoms with E-state index in [1.807, 2.05) is 30.3 Å². The molecular weight excluding hydrogens is 310 g/mol. The molecule has 24 heavy (non-hydrogen) atoms. The summed E-state index contributed by atoms with van der Waals surface area (Å²) in [5.41, 5.74) is -0.714. The second kappa shape index (κ2) is 9.70. The van der Waals surface area contributed by atoms with E-state index in [1.54, 1.807) is 13.8 Å². The van der Waals surface area contributed by atoms with Crippen LogP contribution in [0.25, 0.3) is 0 Å². The summed E-state index contributed by atoms with van der Waals surface area (Å²) in [6.07, 6.45) is 1.29. The highest BCUT2D eigenvalue weighted by atomic mass is 16.6. The van der Waals surface area contributed by atoms with Crippen LogP contribution in [-0.4, -0.2) is 36.6 Å². The van der Waals surface area contributed by atoms with Crippen LogP contribution < -0.4 is 5.32 Å². The molecule has 1 aromatic rings. The third kappa shape index (κ3) is 5.37. The molecule has 0 bridgehead atoms. The summed E-state index contributed by atoms with van der Waals surface area (Å²) in [4.78, 5) is 36.4. The molecule has 0 saturated heterocycles. The number of amides is 1. The van der Waals surface area contributed by atoms with Gasteiger partial charge in [0.1, 0.15) is 0 Å². The van der Waals surface area contributed by atoms with Gasteiger partial charge in [-0.15, -0.1) is 0 Å². The lowest BCUT2D eigenvalue weighted by atomic mass is 9.91. The topological polar surface area (TPSA) is 81.7 Å². The number of hydrogen-bond acceptors (Lipinski definition) is 5. The molecule has 0 radical (unpaired) electrons. The Morgan fingerprint density at radius 3 is 2.00 bits per heavy atom. The highest BCUT2D eigenvalue weighted by Crippen LogP contribution is 2.20. The van der Waals surface area contributed by atoms with Crippen LogP contribution in [0.3, 0.4) is 0 Å². The molecule has 6 nitrogen and oxygen atoms in total. The van der Waals surface area contributed by atoms with Crippen molar-refractivity contribution in [3.05, 3.63) is 35.9 Å². The molecule has 0 spiro atoms. The standard InChI is InChI=1S/C18H25NO5/c1-4-23-16(21)18(19-14(3)20,17(22)24-5-2)13-9-12-15-10-7-6-8-11-15/h6-8,10-11H,4-5,9,12-13H2,1-3H3,(H,19,20). The Labute approximate surface area is 142 Å². The maximum absolute atomic E-state index is 12.4. The van der Waals surface area contributed by atoms with E-state index in [0.29, 0.717) is 12.8 Å². The van der Waals surface area contributed by atoms with Crippen molar-refractivity contribution in [3.8, 4) is 0 Å². The Bertz CT molecular complexity index is 538. The van der Waals surface area contributed by atoms with Crippen LogP contribution in [0.4, 0.5) is 0 Å². The summed E-state index contributed by atoms with van der Waals surface area (Å²) in [7, 11) is 0. The van der Waals surface area contributed by atoms with Crippen molar-refractivity contribution in [1.82, 2.24) is 5.32 Å². The van der Waals surface area contributed by atoms with Gasteiger partial charge in [0.05, 0.1) is 13.2 Å². The number of ether oxygens (including phenoxy) is 2. The minimum atomic E-state index is -1.80. The van der Waals surface area contributed by atoms with E-state index in [4.69, 9.17) is 9.47 Å². The van der Waals surface area contributed by atoms with Crippen LogP contribution in [0.5, 0.6) is 0 Å². The quantitative estimate of drug-likeness (QED) is 0.551. The highest BCUT2D eigenvalue weighted by Gasteiger charge is 2.49. The number of esters is 2. The fraction of sp³-hybridized carbons (Fsp3) is 0.500. The van der Waals surface area contributed by atoms with E-state index in [9.17, 15) is 14.4 Å². The molecule has 0 aliphatic heterocycles. The van der Waals surface area contributed by atoms with Gasteiger partial charge in [0.2, 0.25) is 11.4 Å². The van der Waals surface area contributed by atoms with Crippen molar-refractivity contribution < 1.29 is 23.9 Å². The molecule has 132 valence electrons. The van der Waals surface area contributed by atoms with Gasteiger partial charge < -0.3 is 14.8 Å². The number of aryl methyl sites for hydroxylation is 1. The SMILES string of the molecule is CCOC(=O)C(CCCc1ccccc1)(NC(C)=O)C(=O)OCC. The first kappa shape index (κ1) is 19.7. The Balaban J connectivity index is 2.97. The number of carbonyl (C=O) groups is 3. The maximum atomic E-state index is 12.4. The third-order valence-corrected chi connectivity index (χ3v) is 3.50. The molecule has 1 amide bonds. The number of hydrogen-bond donors (Lipinski definition) is 1. The van der Waals surface area contributed by atoms with E-state index >= 15 is 0 Å². The summed E-state index contributed by atoms with van der Waals surface area (Å²) < 4.78 is 10.0. The lowest BCUT2D eigenvalue weighted by molar-refractivity contribution is -0.168. The average Bonchev–Trinajstić information content (AvgIpc) is 2.54. The molecule has 0 heterocycles. The van der Waals surface area contributed by atoms with Gasteiger partial charge in [-0.25, -0.2) is 9.59 Å². The van der Waals surface area contributed by atoms with Gasteiger partial charge in [-0.2, -0.15) is 0 Å². The summed E-state index contributed by atoms with van der Waals surface area (Å²) in [5.74, 6) is -2.06. The number of benzene rings is 1. The molecule has 0 aromatic heterocycles. The van der Waals surface area contributed by atoms with Crippen molar-refractivity contribution in [2.75, 3.05) is 13.2 Å². The summed E-state index contributed by atoms with van der Waals surface area (Å²) in [5, 5.41) is 2.46. The Morgan fingerprint density at radius 2 is 1.54 bits per heavy atom. The number of nitrogens with one attached hydrogen (secondary N) is 1. The van der Waals surface area contributed by atoms with Crippen molar-refractivity contribution in [2.24, 2.45) is 0 Å². The molecule has 1 rings (SSSR count). The zero-order valence-corrected chi connectivity index (χ0v) is 14.5. The summed E-state index contributed by atoms with van der Waals surface area (Å²) in [6, 6.07) is 9.70. The van der Waals surface area contributed by atoms with Crippen LogP contribution in [0.1, 0.15) is 39.2 Å². The summed E-state index contributed by atoms with van der Waals surface area (Å²) in [6.45, 7) is 4.76.